The summed E-state index contributed by atoms with van der Waals surface area (Å²) < 4.78 is 21.0. The molecule has 2 heterocycles. The Kier molecular flexibility index (Phi) is 25.9. The lowest BCUT2D eigenvalue weighted by molar-refractivity contribution is 0.0503. The SMILES string of the molecule is CC.CC.CC.CC.CCOC(=O)c1noc(C2CC2)c1C(=O)C[C@@H](c1ccccc1)[C@@H](C#N)c1ccccc1.CCOC(=O)c1noc(C2CC2)c1C(=O)C[C@H](c1ccccc1)[C@H](C#N)c1ccccc1. The number of rotatable bonds is 18. The van der Waals surface area contributed by atoms with E-state index in [0.29, 0.717) is 11.5 Å². The first kappa shape index (κ1) is 58.9. The maximum absolute atomic E-state index is 13.6. The molecule has 0 saturated heterocycles. The minimum atomic E-state index is -0.664. The Bertz CT molecular complexity index is 2440. The summed E-state index contributed by atoms with van der Waals surface area (Å²) in [6.45, 7) is 19.7. The number of Topliss-reactive ketones (excluding diaryl/α,β-unsaturated/α-hetero) is 2. The zero-order valence-electron chi connectivity index (χ0n) is 43.7. The van der Waals surface area contributed by atoms with Crippen LogP contribution in [0.5, 0.6) is 0 Å². The van der Waals surface area contributed by atoms with E-state index in [0.717, 1.165) is 47.9 Å². The molecule has 12 heteroatoms. The average Bonchev–Trinajstić information content (AvgIpc) is 4.39. The Labute approximate surface area is 426 Å². The lowest BCUT2D eigenvalue weighted by atomic mass is 9.78. The molecule has 380 valence electrons. The number of nitrogens with zero attached hydrogens (tertiary/aromatic N) is 4. The molecule has 0 bridgehead atoms. The van der Waals surface area contributed by atoms with Gasteiger partial charge in [0.15, 0.2) is 23.1 Å². The number of carbonyl (C=O) groups is 4. The third-order valence-corrected chi connectivity index (χ3v) is 11.5. The number of carbonyl (C=O) groups excluding carboxylic acids is 4. The molecule has 8 rings (SSSR count). The first-order valence-electron chi connectivity index (χ1n) is 25.7. The van der Waals surface area contributed by atoms with E-state index < -0.39 is 35.6 Å². The van der Waals surface area contributed by atoms with Crippen LogP contribution >= 0.6 is 0 Å². The van der Waals surface area contributed by atoms with E-state index in [1.165, 1.54) is 0 Å². The predicted molar refractivity (Wildman–Crippen MR) is 280 cm³/mol. The van der Waals surface area contributed by atoms with Crippen LogP contribution in [0.25, 0.3) is 0 Å². The van der Waals surface area contributed by atoms with Crippen LogP contribution < -0.4 is 0 Å². The molecule has 2 aromatic heterocycles. The van der Waals surface area contributed by atoms with Gasteiger partial charge in [-0.05, 0) is 61.8 Å². The van der Waals surface area contributed by atoms with Gasteiger partial charge in [-0.2, -0.15) is 10.5 Å². The van der Waals surface area contributed by atoms with Crippen LogP contribution in [-0.4, -0.2) is 47.0 Å². The van der Waals surface area contributed by atoms with E-state index in [2.05, 4.69) is 22.5 Å². The molecular formula is C60H72N4O8. The molecule has 0 radical (unpaired) electrons. The summed E-state index contributed by atoms with van der Waals surface area (Å²) >= 11 is 0. The van der Waals surface area contributed by atoms with Gasteiger partial charge in [0.1, 0.15) is 0 Å². The third-order valence-electron chi connectivity index (χ3n) is 11.5. The van der Waals surface area contributed by atoms with Crippen LogP contribution in [0.3, 0.4) is 0 Å². The molecule has 0 unspecified atom stereocenters. The summed E-state index contributed by atoms with van der Waals surface area (Å²) in [6, 6.07) is 42.8. The standard InChI is InChI=1S/2C26H24N2O4.4C2H6/c2*1-2-31-26(30)24-23(25(32-28-24)19-13-14-19)22(29)15-20(17-9-5-3-6-10-17)21(16-27)18-11-7-4-8-12-18;4*1-2/h2*3-12,19-21H,2,13-15H2,1H3;4*1-2H3/t2*20-,21-;;;;/m10..../s1. The molecule has 2 aliphatic rings. The zero-order valence-corrected chi connectivity index (χ0v) is 43.7. The van der Waals surface area contributed by atoms with Crippen molar-refractivity contribution in [1.29, 1.82) is 10.5 Å². The highest BCUT2D eigenvalue weighted by atomic mass is 16.5. The van der Waals surface area contributed by atoms with Crippen molar-refractivity contribution in [3.05, 3.63) is 178 Å². The predicted octanol–water partition coefficient (Wildman–Crippen LogP) is 14.9. The van der Waals surface area contributed by atoms with Gasteiger partial charge in [-0.25, -0.2) is 9.59 Å². The number of hydrogen-bond donors (Lipinski definition) is 0. The Morgan fingerprint density at radius 2 is 0.778 bits per heavy atom. The van der Waals surface area contributed by atoms with Crippen LogP contribution in [0.1, 0.15) is 219 Å². The van der Waals surface area contributed by atoms with Gasteiger partial charge in [-0.3, -0.25) is 9.59 Å². The number of hydrogen-bond acceptors (Lipinski definition) is 12. The highest BCUT2D eigenvalue weighted by Gasteiger charge is 2.40. The van der Waals surface area contributed by atoms with Crippen LogP contribution in [-0.2, 0) is 9.47 Å². The van der Waals surface area contributed by atoms with Crippen molar-refractivity contribution in [2.24, 2.45) is 0 Å². The number of benzene rings is 4. The Hall–Kier alpha value is -7.44. The van der Waals surface area contributed by atoms with Crippen LogP contribution in [0.15, 0.2) is 130 Å². The summed E-state index contributed by atoms with van der Waals surface area (Å²) in [6.07, 6.45) is 3.67. The fourth-order valence-corrected chi connectivity index (χ4v) is 8.05. The van der Waals surface area contributed by atoms with Gasteiger partial charge in [0, 0.05) is 36.5 Å². The number of ketones is 2. The molecule has 0 amide bonds. The maximum atomic E-state index is 13.6. The monoisotopic (exact) mass is 977 g/mol. The van der Waals surface area contributed by atoms with Crippen LogP contribution in [0, 0.1) is 22.7 Å². The van der Waals surface area contributed by atoms with Gasteiger partial charge in [0.2, 0.25) is 11.4 Å². The van der Waals surface area contributed by atoms with E-state index in [1.54, 1.807) is 13.8 Å². The zero-order chi connectivity index (χ0) is 53.0. The summed E-state index contributed by atoms with van der Waals surface area (Å²) in [5, 5.41) is 27.9. The first-order valence-corrected chi connectivity index (χ1v) is 25.7. The number of esters is 2. The van der Waals surface area contributed by atoms with Gasteiger partial charge in [0.25, 0.3) is 0 Å². The van der Waals surface area contributed by atoms with Gasteiger partial charge in [0.05, 0.1) is 48.3 Å². The largest absolute Gasteiger partial charge is 0.461 e. The molecule has 0 N–H and O–H groups in total. The smallest absolute Gasteiger partial charge is 0.361 e. The van der Waals surface area contributed by atoms with Crippen molar-refractivity contribution in [3.63, 3.8) is 0 Å². The fraction of sp³-hybridized carbons (Fsp3) is 0.400. The van der Waals surface area contributed by atoms with E-state index in [-0.39, 0.29) is 72.0 Å². The summed E-state index contributed by atoms with van der Waals surface area (Å²) in [7, 11) is 0. The second-order valence-corrected chi connectivity index (χ2v) is 15.9. The molecule has 2 fully saturated rings. The quantitative estimate of drug-likeness (QED) is 0.0587. The van der Waals surface area contributed by atoms with Crippen molar-refractivity contribution in [3.8, 4) is 12.1 Å². The summed E-state index contributed by atoms with van der Waals surface area (Å²) in [5.74, 6) is -2.60. The second kappa shape index (κ2) is 31.7. The maximum Gasteiger partial charge on any atom is 0.361 e. The van der Waals surface area contributed by atoms with Gasteiger partial charge in [-0.1, -0.05) is 187 Å². The molecule has 72 heavy (non-hydrogen) atoms. The van der Waals surface area contributed by atoms with Crippen LogP contribution in [0.4, 0.5) is 0 Å². The Morgan fingerprint density at radius 1 is 0.500 bits per heavy atom. The Balaban J connectivity index is 0.000000334. The highest BCUT2D eigenvalue weighted by molar-refractivity contribution is 6.07. The summed E-state index contributed by atoms with van der Waals surface area (Å²) in [4.78, 5) is 52.1. The topological polar surface area (TPSA) is 186 Å². The lowest BCUT2D eigenvalue weighted by Gasteiger charge is -2.22. The van der Waals surface area contributed by atoms with Crippen molar-refractivity contribution in [2.75, 3.05) is 13.2 Å². The fourth-order valence-electron chi connectivity index (χ4n) is 8.05. The minimum absolute atomic E-state index is 0.0461. The van der Waals surface area contributed by atoms with Crippen molar-refractivity contribution < 1.29 is 37.7 Å². The lowest BCUT2D eigenvalue weighted by Crippen LogP contribution is -2.18. The molecule has 2 saturated carbocycles. The van der Waals surface area contributed by atoms with Crippen molar-refractivity contribution >= 4 is 23.5 Å². The molecule has 4 aromatic carbocycles. The molecule has 12 nitrogen and oxygen atoms in total. The molecular weight excluding hydrogens is 905 g/mol. The molecule has 6 aromatic rings. The van der Waals surface area contributed by atoms with Crippen molar-refractivity contribution in [2.45, 2.75) is 143 Å². The molecule has 4 atom stereocenters. The third kappa shape index (κ3) is 15.8. The van der Waals surface area contributed by atoms with Crippen LogP contribution in [0.2, 0.25) is 0 Å². The second-order valence-electron chi connectivity index (χ2n) is 15.9. The van der Waals surface area contributed by atoms with E-state index >= 15 is 0 Å². The Morgan fingerprint density at radius 3 is 1.03 bits per heavy atom. The summed E-state index contributed by atoms with van der Waals surface area (Å²) in [5.41, 5.74) is 3.73. The average molecular weight is 977 g/mol. The molecule has 2 aliphatic carbocycles. The van der Waals surface area contributed by atoms with E-state index in [9.17, 15) is 29.7 Å². The molecule has 0 spiro atoms. The first-order chi connectivity index (χ1) is 35.3. The van der Waals surface area contributed by atoms with E-state index in [1.807, 2.05) is 177 Å². The number of aromatic nitrogens is 2. The van der Waals surface area contributed by atoms with E-state index in [4.69, 9.17) is 18.5 Å². The molecule has 0 aliphatic heterocycles. The normalized spacial score (nSPS) is 13.6. The van der Waals surface area contributed by atoms with Gasteiger partial charge < -0.3 is 18.5 Å². The van der Waals surface area contributed by atoms with Crippen molar-refractivity contribution in [1.82, 2.24) is 10.3 Å². The highest BCUT2D eigenvalue weighted by Crippen LogP contribution is 2.46. The minimum Gasteiger partial charge on any atom is -0.461 e. The van der Waals surface area contributed by atoms with Gasteiger partial charge in [-0.15, -0.1) is 0 Å². The van der Waals surface area contributed by atoms with Gasteiger partial charge >= 0.3 is 11.9 Å². The number of ether oxygens (including phenoxy) is 2. The number of nitriles is 2.